The van der Waals surface area contributed by atoms with Gasteiger partial charge in [-0.05, 0) is 29.1 Å². The van der Waals surface area contributed by atoms with Crippen molar-refractivity contribution in [3.05, 3.63) is 84.4 Å². The summed E-state index contributed by atoms with van der Waals surface area (Å²) < 4.78 is 11.1. The summed E-state index contributed by atoms with van der Waals surface area (Å²) >= 11 is 0. The standard InChI is InChI=1S/C25H26N2O6/c1-17(9-14-23(29)27-31)24(19-10-12-20(13-11-19)32-16-15-28)33-25(30)26-22-8-4-6-18-5-2-3-7-21(18)22/h2-14,17,24,28,31H,15-16H2,1H3,(H,26,30)(H,27,29)/b14-9+/t17-,24-/m1/s1. The Hall–Kier alpha value is -3.88. The minimum atomic E-state index is -0.727. The van der Waals surface area contributed by atoms with E-state index in [4.69, 9.17) is 19.8 Å². The van der Waals surface area contributed by atoms with Crippen LogP contribution in [0.5, 0.6) is 5.75 Å². The minimum Gasteiger partial charge on any atom is -0.491 e. The molecule has 3 rings (SSSR count). The molecule has 0 heterocycles. The lowest BCUT2D eigenvalue weighted by Crippen LogP contribution is -2.22. The molecule has 8 nitrogen and oxygen atoms in total. The molecule has 0 radical (unpaired) electrons. The Balaban J connectivity index is 1.81. The number of ether oxygens (including phenoxy) is 2. The number of aliphatic hydroxyl groups excluding tert-OH is 1. The number of rotatable bonds is 9. The zero-order valence-corrected chi connectivity index (χ0v) is 18.1. The molecule has 0 spiro atoms. The Kier molecular flexibility index (Phi) is 8.40. The molecule has 0 aromatic heterocycles. The highest BCUT2D eigenvalue weighted by Crippen LogP contribution is 2.30. The second-order valence-corrected chi connectivity index (χ2v) is 7.31. The van der Waals surface area contributed by atoms with Crippen LogP contribution in [0.1, 0.15) is 18.6 Å². The molecule has 4 N–H and O–H groups in total. The zero-order chi connectivity index (χ0) is 23.6. The summed E-state index contributed by atoms with van der Waals surface area (Å²) in [5, 5.41) is 22.3. The van der Waals surface area contributed by atoms with Gasteiger partial charge in [-0.2, -0.15) is 0 Å². The normalized spacial score (nSPS) is 12.8. The van der Waals surface area contributed by atoms with Crippen molar-refractivity contribution in [2.75, 3.05) is 18.5 Å². The van der Waals surface area contributed by atoms with Crippen molar-refractivity contribution >= 4 is 28.5 Å². The molecule has 3 aromatic carbocycles. The topological polar surface area (TPSA) is 117 Å². The molecule has 2 atom stereocenters. The zero-order valence-electron chi connectivity index (χ0n) is 18.1. The number of hydrogen-bond acceptors (Lipinski definition) is 6. The maximum Gasteiger partial charge on any atom is 0.412 e. The number of anilines is 1. The second kappa shape index (κ2) is 11.7. The maximum atomic E-state index is 12.8. The number of carbonyl (C=O) groups is 2. The summed E-state index contributed by atoms with van der Waals surface area (Å²) in [7, 11) is 0. The Morgan fingerprint density at radius 3 is 2.48 bits per heavy atom. The number of carbonyl (C=O) groups excluding carboxylic acids is 2. The number of aliphatic hydroxyl groups is 1. The fraction of sp³-hybridized carbons (Fsp3) is 0.200. The number of hydrogen-bond donors (Lipinski definition) is 4. The summed E-state index contributed by atoms with van der Waals surface area (Å²) in [6.45, 7) is 1.85. The van der Waals surface area contributed by atoms with Gasteiger partial charge < -0.3 is 14.6 Å². The summed E-state index contributed by atoms with van der Waals surface area (Å²) in [5.41, 5.74) is 2.83. The molecule has 0 unspecified atom stereocenters. The van der Waals surface area contributed by atoms with E-state index in [9.17, 15) is 9.59 Å². The van der Waals surface area contributed by atoms with Gasteiger partial charge in [-0.1, -0.05) is 61.5 Å². The lowest BCUT2D eigenvalue weighted by atomic mass is 9.96. The fourth-order valence-corrected chi connectivity index (χ4v) is 3.36. The maximum absolute atomic E-state index is 12.8. The lowest BCUT2D eigenvalue weighted by molar-refractivity contribution is -0.124. The SMILES string of the molecule is C[C@H](/C=C/C(=O)NO)[C@@H](OC(=O)Nc1cccc2ccccc12)c1ccc(OCCO)cc1. The van der Waals surface area contributed by atoms with Crippen molar-refractivity contribution in [1.82, 2.24) is 5.48 Å². The largest absolute Gasteiger partial charge is 0.491 e. The molecule has 0 saturated carbocycles. The molecular formula is C25H26N2O6. The Labute approximate surface area is 191 Å². The molecule has 3 aromatic rings. The van der Waals surface area contributed by atoms with Crippen molar-refractivity contribution in [1.29, 1.82) is 0 Å². The van der Waals surface area contributed by atoms with E-state index >= 15 is 0 Å². The number of fused-ring (bicyclic) bond motifs is 1. The first-order valence-corrected chi connectivity index (χ1v) is 10.4. The lowest BCUT2D eigenvalue weighted by Gasteiger charge is -2.23. The number of nitrogens with one attached hydrogen (secondary N) is 2. The predicted molar refractivity (Wildman–Crippen MR) is 124 cm³/mol. The van der Waals surface area contributed by atoms with Gasteiger partial charge in [0.2, 0.25) is 0 Å². The van der Waals surface area contributed by atoms with E-state index in [1.54, 1.807) is 37.3 Å². The first kappa shape index (κ1) is 23.8. The average Bonchev–Trinajstić information content (AvgIpc) is 2.85. The van der Waals surface area contributed by atoms with Gasteiger partial charge in [-0.3, -0.25) is 15.3 Å². The highest BCUT2D eigenvalue weighted by molar-refractivity contribution is 6.00. The summed E-state index contributed by atoms with van der Waals surface area (Å²) in [4.78, 5) is 24.2. The van der Waals surface area contributed by atoms with Crippen LogP contribution in [0.25, 0.3) is 10.8 Å². The molecule has 0 bridgehead atoms. The van der Waals surface area contributed by atoms with Crippen molar-refractivity contribution in [2.24, 2.45) is 5.92 Å². The summed E-state index contributed by atoms with van der Waals surface area (Å²) in [6, 6.07) is 20.2. The van der Waals surface area contributed by atoms with Crippen LogP contribution in [-0.2, 0) is 9.53 Å². The van der Waals surface area contributed by atoms with Crippen LogP contribution in [0.15, 0.2) is 78.9 Å². The van der Waals surface area contributed by atoms with Gasteiger partial charge in [0.05, 0.1) is 12.3 Å². The van der Waals surface area contributed by atoms with E-state index in [0.29, 0.717) is 17.0 Å². The van der Waals surface area contributed by atoms with E-state index in [-0.39, 0.29) is 13.2 Å². The molecule has 33 heavy (non-hydrogen) atoms. The Bertz CT molecular complexity index is 1110. The Morgan fingerprint density at radius 2 is 1.76 bits per heavy atom. The van der Waals surface area contributed by atoms with Crippen LogP contribution in [0.2, 0.25) is 0 Å². The molecule has 0 fully saturated rings. The number of benzene rings is 3. The third-order valence-electron chi connectivity index (χ3n) is 4.97. The van der Waals surface area contributed by atoms with Gasteiger partial charge in [0.15, 0.2) is 0 Å². The first-order valence-electron chi connectivity index (χ1n) is 10.4. The van der Waals surface area contributed by atoms with Crippen molar-refractivity contribution < 1.29 is 29.4 Å². The van der Waals surface area contributed by atoms with E-state index in [1.165, 1.54) is 17.6 Å². The molecule has 0 aliphatic carbocycles. The van der Waals surface area contributed by atoms with E-state index in [1.807, 2.05) is 36.4 Å². The van der Waals surface area contributed by atoms with Gasteiger partial charge in [0.25, 0.3) is 5.91 Å². The van der Waals surface area contributed by atoms with Crippen molar-refractivity contribution in [3.8, 4) is 5.75 Å². The molecule has 172 valence electrons. The van der Waals surface area contributed by atoms with E-state index in [0.717, 1.165) is 10.8 Å². The highest BCUT2D eigenvalue weighted by atomic mass is 16.6. The molecule has 0 saturated heterocycles. The van der Waals surface area contributed by atoms with Crippen LogP contribution in [-0.4, -0.2) is 35.5 Å². The predicted octanol–water partition coefficient (Wildman–Crippen LogP) is 4.20. The second-order valence-electron chi connectivity index (χ2n) is 7.31. The molecule has 0 aliphatic rings. The quantitative estimate of drug-likeness (QED) is 0.221. The fourth-order valence-electron chi connectivity index (χ4n) is 3.36. The Morgan fingerprint density at radius 1 is 1.03 bits per heavy atom. The number of amides is 2. The molecular weight excluding hydrogens is 424 g/mol. The van der Waals surface area contributed by atoms with Gasteiger partial charge in [-0.25, -0.2) is 10.3 Å². The first-order chi connectivity index (χ1) is 16.0. The third-order valence-corrected chi connectivity index (χ3v) is 4.97. The average molecular weight is 450 g/mol. The molecule has 2 amide bonds. The number of hydroxylamine groups is 1. The summed E-state index contributed by atoms with van der Waals surface area (Å²) in [5.74, 6) is -0.520. The monoisotopic (exact) mass is 450 g/mol. The van der Waals surface area contributed by atoms with Crippen LogP contribution in [0, 0.1) is 5.92 Å². The van der Waals surface area contributed by atoms with Crippen LogP contribution in [0.4, 0.5) is 10.5 Å². The van der Waals surface area contributed by atoms with Gasteiger partial charge >= 0.3 is 6.09 Å². The summed E-state index contributed by atoms with van der Waals surface area (Å²) in [6.07, 6.45) is 1.33. The van der Waals surface area contributed by atoms with E-state index < -0.39 is 24.0 Å². The highest BCUT2D eigenvalue weighted by Gasteiger charge is 2.23. The van der Waals surface area contributed by atoms with Gasteiger partial charge in [-0.15, -0.1) is 0 Å². The molecule has 0 aliphatic heterocycles. The molecule has 8 heteroatoms. The smallest absolute Gasteiger partial charge is 0.412 e. The van der Waals surface area contributed by atoms with Gasteiger partial charge in [0.1, 0.15) is 18.5 Å². The van der Waals surface area contributed by atoms with Gasteiger partial charge in [0, 0.05) is 17.4 Å². The van der Waals surface area contributed by atoms with Crippen molar-refractivity contribution in [2.45, 2.75) is 13.0 Å². The van der Waals surface area contributed by atoms with Crippen LogP contribution < -0.4 is 15.5 Å². The van der Waals surface area contributed by atoms with Crippen LogP contribution in [0.3, 0.4) is 0 Å². The van der Waals surface area contributed by atoms with Crippen LogP contribution >= 0.6 is 0 Å². The third kappa shape index (κ3) is 6.55. The van der Waals surface area contributed by atoms with Crippen molar-refractivity contribution in [3.63, 3.8) is 0 Å². The van der Waals surface area contributed by atoms with E-state index in [2.05, 4.69) is 5.32 Å². The minimum absolute atomic E-state index is 0.101.